The Balaban J connectivity index is 1.59. The van der Waals surface area contributed by atoms with E-state index in [-0.39, 0.29) is 0 Å². The molecule has 3 unspecified atom stereocenters. The molecule has 1 aromatic rings. The Labute approximate surface area is 107 Å². The van der Waals surface area contributed by atoms with Gasteiger partial charge in [0.05, 0.1) is 12.2 Å². The van der Waals surface area contributed by atoms with Crippen LogP contribution in [0.3, 0.4) is 0 Å². The van der Waals surface area contributed by atoms with Crippen molar-refractivity contribution in [3.63, 3.8) is 0 Å². The van der Waals surface area contributed by atoms with Crippen LogP contribution < -0.4 is 5.32 Å². The molecular weight excluding hydrogens is 234 g/mol. The summed E-state index contributed by atoms with van der Waals surface area (Å²) in [5.41, 5.74) is 2.39. The molecule has 2 bridgehead atoms. The van der Waals surface area contributed by atoms with Crippen LogP contribution in [0, 0.1) is 6.92 Å². The molecule has 1 aromatic carbocycles. The summed E-state index contributed by atoms with van der Waals surface area (Å²) >= 11 is 6.12. The number of hydrogen-bond donors (Lipinski definition) is 1. The van der Waals surface area contributed by atoms with Crippen LogP contribution in [-0.2, 0) is 11.3 Å². The van der Waals surface area contributed by atoms with E-state index in [1.54, 1.807) is 0 Å². The van der Waals surface area contributed by atoms with Gasteiger partial charge < -0.3 is 10.1 Å². The van der Waals surface area contributed by atoms with E-state index in [2.05, 4.69) is 23.5 Å². The molecule has 1 N–H and O–H groups in total. The Morgan fingerprint density at radius 1 is 1.41 bits per heavy atom. The second kappa shape index (κ2) is 4.60. The third-order valence-corrected chi connectivity index (χ3v) is 4.32. The fourth-order valence-corrected chi connectivity index (χ4v) is 3.05. The van der Waals surface area contributed by atoms with Crippen molar-refractivity contribution in [1.82, 2.24) is 5.32 Å². The Bertz CT molecular complexity index is 421. The summed E-state index contributed by atoms with van der Waals surface area (Å²) in [4.78, 5) is 0. The molecule has 0 amide bonds. The number of fused-ring (bicyclic) bond motifs is 2. The number of nitrogens with one attached hydrogen (secondary N) is 1. The number of halogens is 1. The van der Waals surface area contributed by atoms with Gasteiger partial charge in [0.25, 0.3) is 0 Å². The van der Waals surface area contributed by atoms with Gasteiger partial charge >= 0.3 is 0 Å². The van der Waals surface area contributed by atoms with E-state index in [0.717, 1.165) is 17.1 Å². The number of rotatable bonds is 3. The van der Waals surface area contributed by atoms with E-state index < -0.39 is 0 Å². The number of hydrogen-bond acceptors (Lipinski definition) is 2. The largest absolute Gasteiger partial charge is 0.373 e. The molecule has 92 valence electrons. The lowest BCUT2D eigenvalue weighted by Crippen LogP contribution is -2.36. The molecule has 3 atom stereocenters. The molecule has 3 heteroatoms. The SMILES string of the molecule is Cc1ccc(CNC2CC3CCC2O3)cc1Cl. The van der Waals surface area contributed by atoms with Gasteiger partial charge in [0.2, 0.25) is 0 Å². The third kappa shape index (κ3) is 2.35. The van der Waals surface area contributed by atoms with Crippen molar-refractivity contribution in [2.45, 2.75) is 51.0 Å². The first kappa shape index (κ1) is 11.5. The Hall–Kier alpha value is -0.570. The average molecular weight is 252 g/mol. The van der Waals surface area contributed by atoms with Crippen LogP contribution in [0.25, 0.3) is 0 Å². The first-order chi connectivity index (χ1) is 8.22. The van der Waals surface area contributed by atoms with Crippen molar-refractivity contribution in [1.29, 1.82) is 0 Å². The van der Waals surface area contributed by atoms with Crippen molar-refractivity contribution >= 4 is 11.6 Å². The predicted octanol–water partition coefficient (Wildman–Crippen LogP) is 3.06. The van der Waals surface area contributed by atoms with Crippen LogP contribution in [0.4, 0.5) is 0 Å². The fourth-order valence-electron chi connectivity index (χ4n) is 2.85. The standard InChI is InChI=1S/C14H18ClNO/c1-9-2-3-10(6-12(9)15)8-16-13-7-11-4-5-14(13)17-11/h2-3,6,11,13-14,16H,4-5,7-8H2,1H3. The molecule has 0 aromatic heterocycles. The van der Waals surface area contributed by atoms with Crippen LogP contribution in [-0.4, -0.2) is 18.2 Å². The van der Waals surface area contributed by atoms with E-state index in [1.165, 1.54) is 24.8 Å². The molecule has 2 fully saturated rings. The van der Waals surface area contributed by atoms with Gasteiger partial charge in [-0.15, -0.1) is 0 Å². The second-order valence-corrected chi connectivity index (χ2v) is 5.59. The molecule has 2 aliphatic heterocycles. The molecule has 0 spiro atoms. The quantitative estimate of drug-likeness (QED) is 0.892. The Morgan fingerprint density at radius 2 is 2.29 bits per heavy atom. The van der Waals surface area contributed by atoms with Crippen LogP contribution in [0.15, 0.2) is 18.2 Å². The molecule has 0 radical (unpaired) electrons. The van der Waals surface area contributed by atoms with Gasteiger partial charge in [-0.05, 0) is 43.4 Å². The van der Waals surface area contributed by atoms with Gasteiger partial charge in [-0.3, -0.25) is 0 Å². The van der Waals surface area contributed by atoms with Crippen molar-refractivity contribution in [3.05, 3.63) is 34.3 Å². The zero-order valence-electron chi connectivity index (χ0n) is 10.1. The number of benzene rings is 1. The topological polar surface area (TPSA) is 21.3 Å². The number of aryl methyl sites for hydroxylation is 1. The molecule has 3 rings (SSSR count). The lowest BCUT2D eigenvalue weighted by Gasteiger charge is -2.20. The minimum Gasteiger partial charge on any atom is -0.373 e. The van der Waals surface area contributed by atoms with Gasteiger partial charge in [-0.25, -0.2) is 0 Å². The van der Waals surface area contributed by atoms with Gasteiger partial charge in [0.1, 0.15) is 0 Å². The van der Waals surface area contributed by atoms with E-state index in [4.69, 9.17) is 16.3 Å². The van der Waals surface area contributed by atoms with Crippen molar-refractivity contribution in [2.24, 2.45) is 0 Å². The highest BCUT2D eigenvalue weighted by atomic mass is 35.5. The lowest BCUT2D eigenvalue weighted by atomic mass is 9.95. The zero-order chi connectivity index (χ0) is 11.8. The van der Waals surface area contributed by atoms with Crippen LogP contribution in [0.5, 0.6) is 0 Å². The summed E-state index contributed by atoms with van der Waals surface area (Å²) in [6.45, 7) is 2.92. The summed E-state index contributed by atoms with van der Waals surface area (Å²) < 4.78 is 5.83. The minimum atomic E-state index is 0.445. The first-order valence-corrected chi connectivity index (χ1v) is 6.74. The summed E-state index contributed by atoms with van der Waals surface area (Å²) in [6.07, 6.45) is 4.60. The Kier molecular flexibility index (Phi) is 3.12. The first-order valence-electron chi connectivity index (χ1n) is 6.36. The van der Waals surface area contributed by atoms with Crippen LogP contribution >= 0.6 is 11.6 Å². The Morgan fingerprint density at radius 3 is 2.94 bits per heavy atom. The monoisotopic (exact) mass is 251 g/mol. The van der Waals surface area contributed by atoms with E-state index in [1.807, 2.05) is 6.92 Å². The minimum absolute atomic E-state index is 0.445. The van der Waals surface area contributed by atoms with Crippen LogP contribution in [0.1, 0.15) is 30.4 Å². The van der Waals surface area contributed by atoms with Crippen molar-refractivity contribution in [2.75, 3.05) is 0 Å². The van der Waals surface area contributed by atoms with Crippen LogP contribution in [0.2, 0.25) is 5.02 Å². The van der Waals surface area contributed by atoms with Crippen molar-refractivity contribution < 1.29 is 4.74 Å². The van der Waals surface area contributed by atoms with Gasteiger partial charge in [0, 0.05) is 17.6 Å². The van der Waals surface area contributed by atoms with Gasteiger partial charge in [-0.2, -0.15) is 0 Å². The van der Waals surface area contributed by atoms with E-state index in [0.29, 0.717) is 18.2 Å². The van der Waals surface area contributed by atoms with Gasteiger partial charge in [-0.1, -0.05) is 23.7 Å². The average Bonchev–Trinajstić information content (AvgIpc) is 2.92. The zero-order valence-corrected chi connectivity index (χ0v) is 10.8. The molecule has 0 aliphatic carbocycles. The summed E-state index contributed by atoms with van der Waals surface area (Å²) in [5, 5.41) is 4.45. The smallest absolute Gasteiger partial charge is 0.0733 e. The van der Waals surface area contributed by atoms with E-state index in [9.17, 15) is 0 Å². The van der Waals surface area contributed by atoms with E-state index >= 15 is 0 Å². The maximum atomic E-state index is 6.12. The highest BCUT2D eigenvalue weighted by molar-refractivity contribution is 6.31. The third-order valence-electron chi connectivity index (χ3n) is 3.91. The fraction of sp³-hybridized carbons (Fsp3) is 0.571. The lowest BCUT2D eigenvalue weighted by molar-refractivity contribution is 0.0973. The normalized spacial score (nSPS) is 31.1. The second-order valence-electron chi connectivity index (χ2n) is 5.18. The molecule has 2 saturated heterocycles. The molecule has 2 nitrogen and oxygen atoms in total. The molecule has 2 heterocycles. The molecule has 0 saturated carbocycles. The predicted molar refractivity (Wildman–Crippen MR) is 69.3 cm³/mol. The maximum Gasteiger partial charge on any atom is 0.0733 e. The highest BCUT2D eigenvalue weighted by Crippen LogP contribution is 2.34. The van der Waals surface area contributed by atoms with Crippen molar-refractivity contribution in [3.8, 4) is 0 Å². The molecule has 17 heavy (non-hydrogen) atoms. The van der Waals surface area contributed by atoms with Gasteiger partial charge in [0.15, 0.2) is 0 Å². The summed E-state index contributed by atoms with van der Waals surface area (Å²) in [7, 11) is 0. The molecule has 2 aliphatic rings. The number of ether oxygens (including phenoxy) is 1. The summed E-state index contributed by atoms with van der Waals surface area (Å²) in [6, 6.07) is 6.81. The molecular formula is C14H18ClNO. The summed E-state index contributed by atoms with van der Waals surface area (Å²) in [5.74, 6) is 0. The maximum absolute atomic E-state index is 6.12. The highest BCUT2D eigenvalue weighted by Gasteiger charge is 2.40.